The predicted molar refractivity (Wildman–Crippen MR) is 92.0 cm³/mol. The summed E-state index contributed by atoms with van der Waals surface area (Å²) in [7, 11) is 0. The Balaban J connectivity index is 1.83. The fourth-order valence-corrected chi connectivity index (χ4v) is 3.09. The van der Waals surface area contributed by atoms with Gasteiger partial charge in [0.25, 0.3) is 5.91 Å². The standard InChI is InChI=1S/C18H16N6O/c19-9-11-2-1-3-14-15(11)8-16(24-5-4-21-10-24)23-17(14)18(25)22-13-6-12(20)7-13/h1-5,8,10,12-13H,6-7,20H2,(H,22,25). The zero-order chi connectivity index (χ0) is 17.4. The van der Waals surface area contributed by atoms with Gasteiger partial charge < -0.3 is 11.1 Å². The van der Waals surface area contributed by atoms with E-state index in [9.17, 15) is 10.1 Å². The average molecular weight is 332 g/mol. The van der Waals surface area contributed by atoms with E-state index in [0.29, 0.717) is 27.8 Å². The van der Waals surface area contributed by atoms with Gasteiger partial charge in [-0.25, -0.2) is 9.97 Å². The molecule has 0 spiro atoms. The Morgan fingerprint density at radius 1 is 1.36 bits per heavy atom. The number of pyridine rings is 1. The molecule has 0 bridgehead atoms. The van der Waals surface area contributed by atoms with Crippen molar-refractivity contribution in [2.45, 2.75) is 24.9 Å². The number of amides is 1. The third kappa shape index (κ3) is 2.73. The normalized spacial score (nSPS) is 19.2. The molecular weight excluding hydrogens is 316 g/mol. The molecule has 1 amide bonds. The molecule has 0 atom stereocenters. The molecule has 7 nitrogen and oxygen atoms in total. The Morgan fingerprint density at radius 2 is 2.20 bits per heavy atom. The van der Waals surface area contributed by atoms with Crippen molar-refractivity contribution in [3.8, 4) is 11.9 Å². The third-order valence-electron chi connectivity index (χ3n) is 4.48. The highest BCUT2D eigenvalue weighted by molar-refractivity contribution is 6.07. The van der Waals surface area contributed by atoms with Crippen LogP contribution in [0.3, 0.4) is 0 Å². The molecule has 3 aromatic rings. The molecule has 1 fully saturated rings. The van der Waals surface area contributed by atoms with Gasteiger partial charge in [0.1, 0.15) is 17.8 Å². The fraction of sp³-hybridized carbons (Fsp3) is 0.222. The molecule has 1 saturated carbocycles. The van der Waals surface area contributed by atoms with Gasteiger partial charge in [0.15, 0.2) is 0 Å². The molecule has 1 aliphatic rings. The summed E-state index contributed by atoms with van der Waals surface area (Å²) in [6.45, 7) is 0. The van der Waals surface area contributed by atoms with Gasteiger partial charge in [-0.2, -0.15) is 5.26 Å². The molecule has 1 aliphatic carbocycles. The number of nitrogens with two attached hydrogens (primary N) is 1. The number of imidazole rings is 1. The molecule has 0 radical (unpaired) electrons. The third-order valence-corrected chi connectivity index (χ3v) is 4.48. The Hall–Kier alpha value is -3.24. The number of fused-ring (bicyclic) bond motifs is 1. The molecule has 0 saturated heterocycles. The molecule has 3 N–H and O–H groups in total. The van der Waals surface area contributed by atoms with Gasteiger partial charge in [0.05, 0.1) is 11.6 Å². The van der Waals surface area contributed by atoms with Gasteiger partial charge in [-0.15, -0.1) is 0 Å². The fourth-order valence-electron chi connectivity index (χ4n) is 3.09. The van der Waals surface area contributed by atoms with Crippen LogP contribution in [0.1, 0.15) is 28.9 Å². The molecule has 0 aliphatic heterocycles. The second-order valence-electron chi connectivity index (χ2n) is 6.21. The van der Waals surface area contributed by atoms with Gasteiger partial charge in [0, 0.05) is 35.2 Å². The first kappa shape index (κ1) is 15.3. The second kappa shape index (κ2) is 6.00. The maximum Gasteiger partial charge on any atom is 0.270 e. The summed E-state index contributed by atoms with van der Waals surface area (Å²) in [5.41, 5.74) is 6.59. The predicted octanol–water partition coefficient (Wildman–Crippen LogP) is 1.51. The van der Waals surface area contributed by atoms with Crippen molar-refractivity contribution in [2.75, 3.05) is 0 Å². The Kier molecular flexibility index (Phi) is 3.67. The number of nitrogens with zero attached hydrogens (tertiary/aromatic N) is 4. The molecule has 1 aromatic carbocycles. The van der Waals surface area contributed by atoms with Crippen LogP contribution in [0.4, 0.5) is 0 Å². The molecule has 124 valence electrons. The van der Waals surface area contributed by atoms with Gasteiger partial charge in [-0.05, 0) is 25.0 Å². The van der Waals surface area contributed by atoms with Gasteiger partial charge in [0.2, 0.25) is 0 Å². The number of nitriles is 1. The summed E-state index contributed by atoms with van der Waals surface area (Å²) in [5.74, 6) is 0.294. The lowest BCUT2D eigenvalue weighted by atomic mass is 9.87. The number of nitrogens with one attached hydrogen (secondary N) is 1. The molecule has 0 unspecified atom stereocenters. The Labute approximate surface area is 144 Å². The van der Waals surface area contributed by atoms with Crippen molar-refractivity contribution >= 4 is 16.7 Å². The highest BCUT2D eigenvalue weighted by Gasteiger charge is 2.28. The number of hydrogen-bond donors (Lipinski definition) is 2. The van der Waals surface area contributed by atoms with Gasteiger partial charge in [-0.3, -0.25) is 9.36 Å². The topological polar surface area (TPSA) is 110 Å². The lowest BCUT2D eigenvalue weighted by Gasteiger charge is -2.32. The summed E-state index contributed by atoms with van der Waals surface area (Å²) >= 11 is 0. The number of hydrogen-bond acceptors (Lipinski definition) is 5. The van der Waals surface area contributed by atoms with E-state index >= 15 is 0 Å². The van der Waals surface area contributed by atoms with E-state index in [0.717, 1.165) is 12.8 Å². The van der Waals surface area contributed by atoms with Crippen molar-refractivity contribution in [3.63, 3.8) is 0 Å². The average Bonchev–Trinajstić information content (AvgIpc) is 3.13. The van der Waals surface area contributed by atoms with Crippen LogP contribution < -0.4 is 11.1 Å². The number of carbonyl (C=O) groups excluding carboxylic acids is 1. The van der Waals surface area contributed by atoms with Crippen molar-refractivity contribution in [3.05, 3.63) is 54.2 Å². The van der Waals surface area contributed by atoms with Crippen LogP contribution in [0, 0.1) is 11.3 Å². The van der Waals surface area contributed by atoms with E-state index in [2.05, 4.69) is 21.4 Å². The lowest BCUT2D eigenvalue weighted by molar-refractivity contribution is 0.0907. The summed E-state index contributed by atoms with van der Waals surface area (Å²) in [6, 6.07) is 9.50. The SMILES string of the molecule is N#Cc1cccc2c(C(=O)NC3CC(N)C3)nc(-n3ccnc3)cc12. The molecule has 2 heterocycles. The van der Waals surface area contributed by atoms with E-state index in [1.54, 1.807) is 41.5 Å². The minimum atomic E-state index is -0.251. The van der Waals surface area contributed by atoms with Crippen molar-refractivity contribution in [1.29, 1.82) is 5.26 Å². The van der Waals surface area contributed by atoms with Crippen LogP contribution in [0.5, 0.6) is 0 Å². The Bertz CT molecular complexity index is 983. The zero-order valence-electron chi connectivity index (χ0n) is 13.4. The maximum absolute atomic E-state index is 12.8. The van der Waals surface area contributed by atoms with Crippen LogP contribution in [-0.2, 0) is 0 Å². The van der Waals surface area contributed by atoms with Gasteiger partial charge >= 0.3 is 0 Å². The highest BCUT2D eigenvalue weighted by atomic mass is 16.2. The van der Waals surface area contributed by atoms with E-state index in [4.69, 9.17) is 5.73 Å². The largest absolute Gasteiger partial charge is 0.348 e. The smallest absolute Gasteiger partial charge is 0.270 e. The first-order chi connectivity index (χ1) is 12.2. The maximum atomic E-state index is 12.8. The summed E-state index contributed by atoms with van der Waals surface area (Å²) < 4.78 is 1.71. The number of carbonyl (C=O) groups is 1. The first-order valence-corrected chi connectivity index (χ1v) is 8.04. The molecule has 2 aromatic heterocycles. The minimum absolute atomic E-state index is 0.0791. The Morgan fingerprint density at radius 3 is 2.88 bits per heavy atom. The van der Waals surface area contributed by atoms with Crippen LogP contribution in [0.25, 0.3) is 16.6 Å². The highest BCUT2D eigenvalue weighted by Crippen LogP contribution is 2.25. The van der Waals surface area contributed by atoms with E-state index in [-0.39, 0.29) is 18.0 Å². The molecule has 4 rings (SSSR count). The van der Waals surface area contributed by atoms with Crippen LogP contribution in [-0.4, -0.2) is 32.5 Å². The number of aromatic nitrogens is 3. The first-order valence-electron chi connectivity index (χ1n) is 8.04. The zero-order valence-corrected chi connectivity index (χ0v) is 13.4. The van der Waals surface area contributed by atoms with Gasteiger partial charge in [-0.1, -0.05) is 12.1 Å². The minimum Gasteiger partial charge on any atom is -0.348 e. The van der Waals surface area contributed by atoms with Crippen molar-refractivity contribution in [2.24, 2.45) is 5.73 Å². The number of rotatable bonds is 3. The van der Waals surface area contributed by atoms with Crippen molar-refractivity contribution < 1.29 is 4.79 Å². The van der Waals surface area contributed by atoms with E-state index < -0.39 is 0 Å². The molecular formula is C18H16N6O. The quantitative estimate of drug-likeness (QED) is 0.755. The van der Waals surface area contributed by atoms with E-state index in [1.165, 1.54) is 0 Å². The van der Waals surface area contributed by atoms with Crippen molar-refractivity contribution in [1.82, 2.24) is 19.9 Å². The second-order valence-corrected chi connectivity index (χ2v) is 6.21. The monoisotopic (exact) mass is 332 g/mol. The lowest BCUT2D eigenvalue weighted by Crippen LogP contribution is -2.50. The van der Waals surface area contributed by atoms with E-state index in [1.807, 2.05) is 6.07 Å². The summed E-state index contributed by atoms with van der Waals surface area (Å²) in [6.07, 6.45) is 6.53. The molecule has 7 heteroatoms. The van der Waals surface area contributed by atoms with Crippen LogP contribution >= 0.6 is 0 Å². The number of benzene rings is 1. The van der Waals surface area contributed by atoms with Crippen LogP contribution in [0.2, 0.25) is 0 Å². The summed E-state index contributed by atoms with van der Waals surface area (Å²) in [5, 5.41) is 13.7. The molecule has 25 heavy (non-hydrogen) atoms. The summed E-state index contributed by atoms with van der Waals surface area (Å²) in [4.78, 5) is 21.3. The van der Waals surface area contributed by atoms with Crippen LogP contribution in [0.15, 0.2) is 43.0 Å².